The van der Waals surface area contributed by atoms with Crippen LogP contribution >= 0.6 is 0 Å². The molecule has 0 atom stereocenters. The summed E-state index contributed by atoms with van der Waals surface area (Å²) in [6.07, 6.45) is 8.74. The predicted molar refractivity (Wildman–Crippen MR) is 77.1 cm³/mol. The maximum atomic E-state index is 5.63. The molecule has 108 valence electrons. The second kappa shape index (κ2) is 7.65. The molecule has 4 nitrogen and oxygen atoms in total. The molecule has 1 aliphatic rings. The van der Waals surface area contributed by atoms with Crippen molar-refractivity contribution < 1.29 is 4.74 Å². The van der Waals surface area contributed by atoms with Crippen molar-refractivity contribution in [2.75, 3.05) is 13.2 Å². The topological polar surface area (TPSA) is 39.1 Å². The Morgan fingerprint density at radius 1 is 1.37 bits per heavy atom. The van der Waals surface area contributed by atoms with Gasteiger partial charge in [0.1, 0.15) is 0 Å². The Bertz CT molecular complexity index is 356. The Morgan fingerprint density at radius 2 is 2.16 bits per heavy atom. The molecule has 1 aromatic heterocycles. The third-order valence-electron chi connectivity index (χ3n) is 3.66. The Kier molecular flexibility index (Phi) is 5.86. The lowest BCUT2D eigenvalue weighted by Gasteiger charge is -2.21. The van der Waals surface area contributed by atoms with Crippen LogP contribution in [0, 0.1) is 0 Å². The number of aromatic nitrogens is 2. The van der Waals surface area contributed by atoms with Crippen molar-refractivity contribution in [3.05, 3.63) is 18.0 Å². The van der Waals surface area contributed by atoms with Crippen LogP contribution in [-0.4, -0.2) is 29.0 Å². The van der Waals surface area contributed by atoms with Gasteiger partial charge in [-0.25, -0.2) is 0 Å². The van der Waals surface area contributed by atoms with Crippen molar-refractivity contribution in [3.63, 3.8) is 0 Å². The van der Waals surface area contributed by atoms with Gasteiger partial charge in [-0.3, -0.25) is 4.68 Å². The predicted octanol–water partition coefficient (Wildman–Crippen LogP) is 2.90. The van der Waals surface area contributed by atoms with Crippen molar-refractivity contribution in [2.45, 2.75) is 64.6 Å². The highest BCUT2D eigenvalue weighted by molar-refractivity contribution is 4.98. The molecule has 2 rings (SSSR count). The monoisotopic (exact) mass is 265 g/mol. The van der Waals surface area contributed by atoms with E-state index >= 15 is 0 Å². The van der Waals surface area contributed by atoms with Gasteiger partial charge in [0.2, 0.25) is 0 Å². The van der Waals surface area contributed by atoms with Gasteiger partial charge in [0.25, 0.3) is 0 Å². The zero-order chi connectivity index (χ0) is 13.5. The highest BCUT2D eigenvalue weighted by Crippen LogP contribution is 2.27. The Balaban J connectivity index is 1.68. The van der Waals surface area contributed by atoms with Crippen LogP contribution in [0.3, 0.4) is 0 Å². The van der Waals surface area contributed by atoms with Crippen LogP contribution in [0.1, 0.15) is 57.7 Å². The SMILES string of the molecule is CC(C)NCCOCc1ccn(C2CCCCC2)n1. The second-order valence-corrected chi connectivity index (χ2v) is 5.74. The van der Waals surface area contributed by atoms with Crippen molar-refractivity contribution in [1.82, 2.24) is 15.1 Å². The van der Waals surface area contributed by atoms with Gasteiger partial charge >= 0.3 is 0 Å². The van der Waals surface area contributed by atoms with E-state index < -0.39 is 0 Å². The van der Waals surface area contributed by atoms with Gasteiger partial charge in [0, 0.05) is 18.8 Å². The normalized spacial score (nSPS) is 17.2. The molecule has 0 saturated heterocycles. The van der Waals surface area contributed by atoms with Crippen molar-refractivity contribution in [2.24, 2.45) is 0 Å². The van der Waals surface area contributed by atoms with Crippen LogP contribution in [0.5, 0.6) is 0 Å². The number of nitrogens with one attached hydrogen (secondary N) is 1. The Labute approximate surface area is 116 Å². The van der Waals surface area contributed by atoms with E-state index in [4.69, 9.17) is 4.74 Å². The molecule has 1 fully saturated rings. The fourth-order valence-electron chi connectivity index (χ4n) is 2.60. The minimum Gasteiger partial charge on any atom is -0.374 e. The van der Waals surface area contributed by atoms with Crippen LogP contribution in [-0.2, 0) is 11.3 Å². The summed E-state index contributed by atoms with van der Waals surface area (Å²) in [5.41, 5.74) is 1.05. The summed E-state index contributed by atoms with van der Waals surface area (Å²) in [6.45, 7) is 6.56. The maximum absolute atomic E-state index is 5.63. The Hall–Kier alpha value is -0.870. The fourth-order valence-corrected chi connectivity index (χ4v) is 2.60. The first kappa shape index (κ1) is 14.5. The van der Waals surface area contributed by atoms with Crippen LogP contribution in [0.15, 0.2) is 12.3 Å². The van der Waals surface area contributed by atoms with E-state index in [1.807, 2.05) is 0 Å². The average molecular weight is 265 g/mol. The molecule has 1 aliphatic carbocycles. The fraction of sp³-hybridized carbons (Fsp3) is 0.800. The van der Waals surface area contributed by atoms with E-state index in [0.29, 0.717) is 18.7 Å². The summed E-state index contributed by atoms with van der Waals surface area (Å²) in [5, 5.41) is 7.98. The van der Waals surface area contributed by atoms with Gasteiger partial charge in [-0.1, -0.05) is 33.1 Å². The van der Waals surface area contributed by atoms with Gasteiger partial charge in [-0.2, -0.15) is 5.10 Å². The lowest BCUT2D eigenvalue weighted by Crippen LogP contribution is -2.26. The molecule has 1 N–H and O–H groups in total. The van der Waals surface area contributed by atoms with E-state index in [9.17, 15) is 0 Å². The standard InChI is InChI=1S/C15H27N3O/c1-13(2)16-9-11-19-12-14-8-10-18(17-14)15-6-4-3-5-7-15/h8,10,13,15-16H,3-7,9,11-12H2,1-2H3. The summed E-state index contributed by atoms with van der Waals surface area (Å²) < 4.78 is 7.78. The lowest BCUT2D eigenvalue weighted by atomic mass is 9.96. The van der Waals surface area contributed by atoms with Crippen LogP contribution < -0.4 is 5.32 Å². The third-order valence-corrected chi connectivity index (χ3v) is 3.66. The minimum atomic E-state index is 0.522. The molecule has 0 bridgehead atoms. The summed E-state index contributed by atoms with van der Waals surface area (Å²) in [7, 11) is 0. The minimum absolute atomic E-state index is 0.522. The summed E-state index contributed by atoms with van der Waals surface area (Å²) in [6, 6.07) is 3.23. The first-order valence-corrected chi connectivity index (χ1v) is 7.61. The molecule has 1 heterocycles. The third kappa shape index (κ3) is 4.96. The van der Waals surface area contributed by atoms with Gasteiger partial charge in [0.15, 0.2) is 0 Å². The number of ether oxygens (including phenoxy) is 1. The highest BCUT2D eigenvalue weighted by atomic mass is 16.5. The zero-order valence-corrected chi connectivity index (χ0v) is 12.3. The number of nitrogens with zero attached hydrogens (tertiary/aromatic N) is 2. The molecule has 0 amide bonds. The van der Waals surface area contributed by atoms with Crippen LogP contribution in [0.25, 0.3) is 0 Å². The maximum Gasteiger partial charge on any atom is 0.0907 e. The van der Waals surface area contributed by atoms with Gasteiger partial charge < -0.3 is 10.1 Å². The zero-order valence-electron chi connectivity index (χ0n) is 12.3. The summed E-state index contributed by atoms with van der Waals surface area (Å²) >= 11 is 0. The van der Waals surface area contributed by atoms with Crippen LogP contribution in [0.4, 0.5) is 0 Å². The highest BCUT2D eigenvalue weighted by Gasteiger charge is 2.15. The molecule has 0 radical (unpaired) electrons. The lowest BCUT2D eigenvalue weighted by molar-refractivity contribution is 0.118. The molecule has 19 heavy (non-hydrogen) atoms. The van der Waals surface area contributed by atoms with Gasteiger partial charge in [-0.15, -0.1) is 0 Å². The average Bonchev–Trinajstić information content (AvgIpc) is 2.88. The summed E-state index contributed by atoms with van der Waals surface area (Å²) in [4.78, 5) is 0. The number of hydrogen-bond donors (Lipinski definition) is 1. The van der Waals surface area contributed by atoms with E-state index in [1.165, 1.54) is 32.1 Å². The smallest absolute Gasteiger partial charge is 0.0907 e. The molecule has 1 saturated carbocycles. The molecule has 4 heteroatoms. The first-order chi connectivity index (χ1) is 9.25. The van der Waals surface area contributed by atoms with Crippen molar-refractivity contribution >= 4 is 0 Å². The molecular formula is C15H27N3O. The first-order valence-electron chi connectivity index (χ1n) is 7.61. The second-order valence-electron chi connectivity index (χ2n) is 5.74. The molecule has 1 aromatic rings. The van der Waals surface area contributed by atoms with E-state index in [1.54, 1.807) is 0 Å². The Morgan fingerprint density at radius 3 is 2.89 bits per heavy atom. The van der Waals surface area contributed by atoms with Crippen LogP contribution in [0.2, 0.25) is 0 Å². The number of rotatable bonds is 7. The van der Waals surface area contributed by atoms with E-state index in [0.717, 1.165) is 18.8 Å². The van der Waals surface area contributed by atoms with Gasteiger partial charge in [0.05, 0.1) is 24.9 Å². The summed E-state index contributed by atoms with van der Waals surface area (Å²) in [5.74, 6) is 0. The van der Waals surface area contributed by atoms with E-state index in [-0.39, 0.29) is 0 Å². The van der Waals surface area contributed by atoms with E-state index in [2.05, 4.69) is 41.2 Å². The molecule has 0 aliphatic heterocycles. The molecular weight excluding hydrogens is 238 g/mol. The molecule has 0 spiro atoms. The quantitative estimate of drug-likeness (QED) is 0.770. The van der Waals surface area contributed by atoms with Gasteiger partial charge in [-0.05, 0) is 18.9 Å². The molecule has 0 unspecified atom stereocenters. The van der Waals surface area contributed by atoms with Crippen molar-refractivity contribution in [3.8, 4) is 0 Å². The molecule has 0 aromatic carbocycles. The largest absolute Gasteiger partial charge is 0.374 e. The number of hydrogen-bond acceptors (Lipinski definition) is 3. The van der Waals surface area contributed by atoms with Crippen molar-refractivity contribution in [1.29, 1.82) is 0 Å².